The molecule has 1 amide bonds. The van der Waals surface area contributed by atoms with Crippen LogP contribution in [0.5, 0.6) is 0 Å². The van der Waals surface area contributed by atoms with E-state index in [0.29, 0.717) is 23.9 Å². The molecule has 0 aliphatic heterocycles. The number of halogens is 1. The largest absolute Gasteiger partial charge is 0.299 e. The summed E-state index contributed by atoms with van der Waals surface area (Å²) in [4.78, 5) is 11.0. The summed E-state index contributed by atoms with van der Waals surface area (Å²) in [5.74, 6) is 0.385. The van der Waals surface area contributed by atoms with Crippen LogP contribution in [0.4, 0.5) is 5.13 Å². The molecule has 0 aliphatic rings. The molecule has 0 unspecified atom stereocenters. The molecule has 0 bridgehead atoms. The highest BCUT2D eigenvalue weighted by molar-refractivity contribution is 7.09. The monoisotopic (exact) mass is 206 g/mol. The lowest BCUT2D eigenvalue weighted by Gasteiger charge is -1.96. The number of carbonyl (C=O) groups excluding carboxylic acids is 1. The average molecular weight is 207 g/mol. The zero-order valence-electron chi connectivity index (χ0n) is 6.16. The second-order valence-corrected chi connectivity index (χ2v) is 3.12. The second-order valence-electron chi connectivity index (χ2n) is 2.01. The van der Waals surface area contributed by atoms with Crippen molar-refractivity contribution < 1.29 is 4.79 Å². The number of alkyl halides is 1. The maximum atomic E-state index is 11.0. The summed E-state index contributed by atoms with van der Waals surface area (Å²) < 4.78 is 3.50. The highest BCUT2D eigenvalue weighted by atomic mass is 35.5. The Morgan fingerprint density at radius 3 is 3.08 bits per heavy atom. The molecule has 0 aliphatic carbocycles. The molecule has 0 atom stereocenters. The lowest BCUT2D eigenvalue weighted by Crippen LogP contribution is -2.10. The number of aromatic nitrogens is 3. The van der Waals surface area contributed by atoms with Crippen LogP contribution < -0.4 is 5.32 Å². The Bertz CT molecular complexity index is 240. The van der Waals surface area contributed by atoms with Gasteiger partial charge < -0.3 is 0 Å². The van der Waals surface area contributed by atoms with E-state index in [1.54, 1.807) is 0 Å². The Morgan fingerprint density at radius 1 is 1.67 bits per heavy atom. The number of carbonyl (C=O) groups is 1. The maximum absolute atomic E-state index is 11.0. The predicted molar refractivity (Wildman–Crippen MR) is 46.3 cm³/mol. The molecule has 0 aromatic carbocycles. The molecular formula is C5H7ClN4OS. The molecule has 12 heavy (non-hydrogen) atoms. The van der Waals surface area contributed by atoms with Gasteiger partial charge in [-0.05, 0) is 11.6 Å². The van der Waals surface area contributed by atoms with Gasteiger partial charge in [0.15, 0.2) is 0 Å². The summed E-state index contributed by atoms with van der Waals surface area (Å²) in [5.41, 5.74) is 0. The standard InChI is InChI=1S/C5H7ClN4OS/c6-3-1-2-4(11)7-5-8-9-10-12-5/h1-3H2,(H,7,8,10,11). The van der Waals surface area contributed by atoms with Crippen molar-refractivity contribution in [3.8, 4) is 0 Å². The highest BCUT2D eigenvalue weighted by Gasteiger charge is 2.03. The van der Waals surface area contributed by atoms with E-state index >= 15 is 0 Å². The summed E-state index contributed by atoms with van der Waals surface area (Å²) in [6.07, 6.45) is 1.07. The van der Waals surface area contributed by atoms with Crippen LogP contribution in [0.3, 0.4) is 0 Å². The number of rotatable bonds is 4. The van der Waals surface area contributed by atoms with Crippen LogP contribution in [0.15, 0.2) is 0 Å². The Kier molecular flexibility index (Phi) is 3.89. The minimum Gasteiger partial charge on any atom is -0.299 e. The second kappa shape index (κ2) is 5.00. The van der Waals surface area contributed by atoms with Crippen LogP contribution in [0.1, 0.15) is 12.8 Å². The fourth-order valence-electron chi connectivity index (χ4n) is 0.591. The van der Waals surface area contributed by atoms with Crippen molar-refractivity contribution >= 4 is 34.2 Å². The lowest BCUT2D eigenvalue weighted by atomic mass is 10.3. The first-order chi connectivity index (χ1) is 5.83. The minimum absolute atomic E-state index is 0.103. The summed E-state index contributed by atoms with van der Waals surface area (Å²) in [7, 11) is 0. The first-order valence-corrected chi connectivity index (χ1v) is 4.64. The first kappa shape index (κ1) is 9.34. The lowest BCUT2D eigenvalue weighted by molar-refractivity contribution is -0.116. The molecule has 7 heteroatoms. The highest BCUT2D eigenvalue weighted by Crippen LogP contribution is 2.05. The smallest absolute Gasteiger partial charge is 0.231 e. The molecule has 5 nitrogen and oxygen atoms in total. The van der Waals surface area contributed by atoms with E-state index in [1.165, 1.54) is 0 Å². The molecular weight excluding hydrogens is 200 g/mol. The van der Waals surface area contributed by atoms with E-state index < -0.39 is 0 Å². The van der Waals surface area contributed by atoms with Gasteiger partial charge in [0.2, 0.25) is 11.0 Å². The van der Waals surface area contributed by atoms with Gasteiger partial charge in [-0.1, -0.05) is 9.59 Å². The Labute approximate surface area is 78.3 Å². The number of nitrogens with one attached hydrogen (secondary N) is 1. The van der Waals surface area contributed by atoms with Gasteiger partial charge in [0, 0.05) is 23.8 Å². The fourth-order valence-corrected chi connectivity index (χ4v) is 1.11. The molecule has 0 spiro atoms. The van der Waals surface area contributed by atoms with Gasteiger partial charge >= 0.3 is 0 Å². The van der Waals surface area contributed by atoms with Crippen molar-refractivity contribution in [2.24, 2.45) is 0 Å². The Balaban J connectivity index is 2.27. The number of amides is 1. The average Bonchev–Trinajstić information content (AvgIpc) is 2.53. The van der Waals surface area contributed by atoms with Crippen molar-refractivity contribution in [3.05, 3.63) is 0 Å². The van der Waals surface area contributed by atoms with Crippen LogP contribution in [-0.4, -0.2) is 26.6 Å². The molecule has 1 aromatic heterocycles. The molecule has 1 heterocycles. The molecule has 1 rings (SSSR count). The van der Waals surface area contributed by atoms with Gasteiger partial charge in [0.1, 0.15) is 0 Å². The van der Waals surface area contributed by atoms with Gasteiger partial charge in [0.05, 0.1) is 0 Å². The maximum Gasteiger partial charge on any atom is 0.231 e. The van der Waals surface area contributed by atoms with Gasteiger partial charge in [-0.25, -0.2) is 0 Å². The normalized spacial score (nSPS) is 9.75. The minimum atomic E-state index is -0.103. The van der Waals surface area contributed by atoms with Crippen molar-refractivity contribution in [1.29, 1.82) is 0 Å². The molecule has 1 N–H and O–H groups in total. The molecule has 66 valence electrons. The summed E-state index contributed by atoms with van der Waals surface area (Å²) in [6, 6.07) is 0. The first-order valence-electron chi connectivity index (χ1n) is 3.34. The van der Waals surface area contributed by atoms with Crippen molar-refractivity contribution in [2.45, 2.75) is 12.8 Å². The van der Waals surface area contributed by atoms with Crippen molar-refractivity contribution in [3.63, 3.8) is 0 Å². The van der Waals surface area contributed by atoms with E-state index in [-0.39, 0.29) is 5.91 Å². The molecule has 0 saturated carbocycles. The van der Waals surface area contributed by atoms with Gasteiger partial charge in [-0.2, -0.15) is 0 Å². The summed E-state index contributed by atoms with van der Waals surface area (Å²) in [6.45, 7) is 0. The molecule has 0 radical (unpaired) electrons. The Morgan fingerprint density at radius 2 is 2.50 bits per heavy atom. The van der Waals surface area contributed by atoms with Crippen LogP contribution in [0.25, 0.3) is 0 Å². The van der Waals surface area contributed by atoms with E-state index in [0.717, 1.165) is 11.5 Å². The third-order valence-electron chi connectivity index (χ3n) is 1.08. The van der Waals surface area contributed by atoms with Crippen LogP contribution in [-0.2, 0) is 4.79 Å². The van der Waals surface area contributed by atoms with Crippen LogP contribution in [0, 0.1) is 0 Å². The van der Waals surface area contributed by atoms with Crippen LogP contribution >= 0.6 is 23.1 Å². The van der Waals surface area contributed by atoms with E-state index in [1.807, 2.05) is 0 Å². The molecule has 0 saturated heterocycles. The van der Waals surface area contributed by atoms with Gasteiger partial charge in [-0.15, -0.1) is 11.6 Å². The SMILES string of the molecule is O=C(CCCCl)Nc1nnns1. The number of nitrogens with zero attached hydrogens (tertiary/aromatic N) is 3. The molecule has 0 fully saturated rings. The number of hydrogen-bond donors (Lipinski definition) is 1. The van der Waals surface area contributed by atoms with Gasteiger partial charge in [0.25, 0.3) is 0 Å². The van der Waals surface area contributed by atoms with Gasteiger partial charge in [-0.3, -0.25) is 10.1 Å². The van der Waals surface area contributed by atoms with Crippen molar-refractivity contribution in [1.82, 2.24) is 14.8 Å². The third kappa shape index (κ3) is 3.10. The topological polar surface area (TPSA) is 67.8 Å². The summed E-state index contributed by atoms with van der Waals surface area (Å²) in [5, 5.41) is 9.86. The predicted octanol–water partition coefficient (Wildman–Crippen LogP) is 0.891. The Hall–Kier alpha value is -0.750. The van der Waals surface area contributed by atoms with E-state index in [9.17, 15) is 4.79 Å². The van der Waals surface area contributed by atoms with Crippen LogP contribution in [0.2, 0.25) is 0 Å². The molecule has 1 aromatic rings. The number of anilines is 1. The zero-order valence-corrected chi connectivity index (χ0v) is 7.73. The van der Waals surface area contributed by atoms with Crippen molar-refractivity contribution in [2.75, 3.05) is 11.2 Å². The third-order valence-corrected chi connectivity index (χ3v) is 1.86. The van der Waals surface area contributed by atoms with E-state index in [2.05, 4.69) is 20.1 Å². The quantitative estimate of drug-likeness (QED) is 0.743. The van der Waals surface area contributed by atoms with E-state index in [4.69, 9.17) is 11.6 Å². The zero-order chi connectivity index (χ0) is 8.81. The number of hydrogen-bond acceptors (Lipinski definition) is 5. The summed E-state index contributed by atoms with van der Waals surface area (Å²) >= 11 is 6.46. The fraction of sp³-hybridized carbons (Fsp3) is 0.600.